The predicted octanol–water partition coefficient (Wildman–Crippen LogP) is 1.03. The highest BCUT2D eigenvalue weighted by atomic mass is 32.1. The highest BCUT2D eigenvalue weighted by Crippen LogP contribution is 2.24. The van der Waals surface area contributed by atoms with Gasteiger partial charge in [-0.1, -0.05) is 11.8 Å². The third-order valence-corrected chi connectivity index (χ3v) is 4.10. The first kappa shape index (κ1) is 15.5. The van der Waals surface area contributed by atoms with Crippen molar-refractivity contribution in [3.63, 3.8) is 0 Å². The second-order valence-electron chi connectivity index (χ2n) is 5.62. The van der Waals surface area contributed by atoms with Crippen LogP contribution < -0.4 is 5.73 Å². The van der Waals surface area contributed by atoms with Crippen molar-refractivity contribution in [3.05, 3.63) is 21.9 Å². The Morgan fingerprint density at radius 1 is 1.55 bits per heavy atom. The molecule has 1 unspecified atom stereocenters. The van der Waals surface area contributed by atoms with E-state index >= 15 is 0 Å². The van der Waals surface area contributed by atoms with Gasteiger partial charge in [0, 0.05) is 24.5 Å². The van der Waals surface area contributed by atoms with Gasteiger partial charge in [-0.15, -0.1) is 11.3 Å². The fourth-order valence-electron chi connectivity index (χ4n) is 2.52. The van der Waals surface area contributed by atoms with Crippen molar-refractivity contribution < 1.29 is 9.84 Å². The summed E-state index contributed by atoms with van der Waals surface area (Å²) in [6.45, 7) is 7.09. The third-order valence-electron chi connectivity index (χ3n) is 3.11. The Bertz CT molecular complexity index is 501. The minimum Gasteiger partial charge on any atom is -0.394 e. The van der Waals surface area contributed by atoms with Crippen LogP contribution in [0.1, 0.15) is 23.6 Å². The molecule has 2 heterocycles. The fraction of sp³-hybridized carbons (Fsp3) is 0.600. The molecule has 1 aromatic heterocycles. The van der Waals surface area contributed by atoms with Gasteiger partial charge in [0.2, 0.25) is 0 Å². The van der Waals surface area contributed by atoms with Crippen LogP contribution in [0.3, 0.4) is 0 Å². The Morgan fingerprint density at radius 2 is 2.35 bits per heavy atom. The minimum atomic E-state index is -0.217. The molecule has 20 heavy (non-hydrogen) atoms. The summed E-state index contributed by atoms with van der Waals surface area (Å²) in [4.78, 5) is 4.66. The molecule has 1 aromatic rings. The van der Waals surface area contributed by atoms with E-state index in [1.807, 2.05) is 6.07 Å². The smallest absolute Gasteiger partial charge is 0.0940 e. The van der Waals surface area contributed by atoms with Crippen molar-refractivity contribution in [2.45, 2.75) is 32.1 Å². The zero-order valence-electron chi connectivity index (χ0n) is 12.1. The molecule has 4 nitrogen and oxygen atoms in total. The molecular weight excluding hydrogens is 272 g/mol. The number of aliphatic hydroxyl groups excluding tert-OH is 1. The van der Waals surface area contributed by atoms with Crippen LogP contribution in [0.25, 0.3) is 0 Å². The van der Waals surface area contributed by atoms with Crippen molar-refractivity contribution in [1.82, 2.24) is 4.90 Å². The molecule has 0 saturated carbocycles. The molecule has 0 bridgehead atoms. The number of thiophene rings is 1. The first-order chi connectivity index (χ1) is 9.52. The van der Waals surface area contributed by atoms with Crippen LogP contribution in [-0.4, -0.2) is 48.0 Å². The normalized spacial score (nSPS) is 22.3. The molecular formula is C15H22N2O2S. The zero-order valence-corrected chi connectivity index (χ0v) is 12.9. The molecule has 0 spiro atoms. The van der Waals surface area contributed by atoms with E-state index < -0.39 is 0 Å². The second-order valence-corrected chi connectivity index (χ2v) is 6.79. The number of aliphatic hydroxyl groups is 1. The van der Waals surface area contributed by atoms with Crippen molar-refractivity contribution in [3.8, 4) is 11.8 Å². The third kappa shape index (κ3) is 4.30. The fourth-order valence-corrected chi connectivity index (χ4v) is 3.45. The Kier molecular flexibility index (Phi) is 5.19. The molecule has 3 N–H and O–H groups in total. The summed E-state index contributed by atoms with van der Waals surface area (Å²) in [7, 11) is 0. The maximum atomic E-state index is 9.33. The lowest BCUT2D eigenvalue weighted by molar-refractivity contribution is -0.150. The van der Waals surface area contributed by atoms with Gasteiger partial charge in [0.1, 0.15) is 0 Å². The molecule has 2 rings (SSSR count). The van der Waals surface area contributed by atoms with E-state index in [9.17, 15) is 5.11 Å². The standard InChI is InChI=1S/C15H22N2O2S/c1-15(2)11-17(8-12(10-18)19-15)9-14-6-5-13(20-14)4-3-7-16/h5-6,12,18H,7-11,16H2,1-2H3. The average Bonchev–Trinajstić information content (AvgIpc) is 2.82. The number of nitrogens with zero attached hydrogens (tertiary/aromatic N) is 1. The largest absolute Gasteiger partial charge is 0.394 e. The molecule has 1 fully saturated rings. The van der Waals surface area contributed by atoms with Gasteiger partial charge in [-0.3, -0.25) is 4.90 Å². The SMILES string of the molecule is CC1(C)CN(Cc2ccc(C#CCN)s2)CC(CO)O1. The Hall–Kier alpha value is -0.900. The number of hydrogen-bond acceptors (Lipinski definition) is 5. The summed E-state index contributed by atoms with van der Waals surface area (Å²) in [5, 5.41) is 9.33. The molecule has 0 radical (unpaired) electrons. The Labute approximate surface area is 124 Å². The van der Waals surface area contributed by atoms with E-state index in [2.05, 4.69) is 36.7 Å². The van der Waals surface area contributed by atoms with Gasteiger partial charge in [-0.25, -0.2) is 0 Å². The summed E-state index contributed by atoms with van der Waals surface area (Å²) in [5.41, 5.74) is 5.16. The summed E-state index contributed by atoms with van der Waals surface area (Å²) in [5.74, 6) is 5.93. The molecule has 0 amide bonds. The van der Waals surface area contributed by atoms with E-state index in [-0.39, 0.29) is 18.3 Å². The molecule has 0 aromatic carbocycles. The maximum absolute atomic E-state index is 9.33. The number of hydrogen-bond donors (Lipinski definition) is 2. The lowest BCUT2D eigenvalue weighted by Gasteiger charge is -2.42. The molecule has 1 aliphatic heterocycles. The van der Waals surface area contributed by atoms with E-state index in [1.165, 1.54) is 4.88 Å². The maximum Gasteiger partial charge on any atom is 0.0940 e. The molecule has 1 aliphatic rings. The quantitative estimate of drug-likeness (QED) is 0.818. The van der Waals surface area contributed by atoms with Crippen LogP contribution in [0.15, 0.2) is 12.1 Å². The van der Waals surface area contributed by atoms with Crippen LogP contribution in [0, 0.1) is 11.8 Å². The topological polar surface area (TPSA) is 58.7 Å². The van der Waals surface area contributed by atoms with E-state index in [0.717, 1.165) is 24.5 Å². The lowest BCUT2D eigenvalue weighted by atomic mass is 10.1. The van der Waals surface area contributed by atoms with Crippen molar-refractivity contribution in [2.24, 2.45) is 5.73 Å². The summed E-state index contributed by atoms with van der Waals surface area (Å²) >= 11 is 1.70. The van der Waals surface area contributed by atoms with Crippen LogP contribution in [0.2, 0.25) is 0 Å². The second kappa shape index (κ2) is 6.70. The monoisotopic (exact) mass is 294 g/mol. The highest BCUT2D eigenvalue weighted by Gasteiger charge is 2.32. The number of rotatable bonds is 3. The van der Waals surface area contributed by atoms with Crippen molar-refractivity contribution in [2.75, 3.05) is 26.2 Å². The molecule has 1 atom stereocenters. The van der Waals surface area contributed by atoms with Gasteiger partial charge in [0.25, 0.3) is 0 Å². The van der Waals surface area contributed by atoms with Crippen LogP contribution in [0.5, 0.6) is 0 Å². The number of nitrogens with two attached hydrogens (primary N) is 1. The highest BCUT2D eigenvalue weighted by molar-refractivity contribution is 7.12. The predicted molar refractivity (Wildman–Crippen MR) is 81.6 cm³/mol. The Balaban J connectivity index is 2.00. The minimum absolute atomic E-state index is 0.0671. The summed E-state index contributed by atoms with van der Waals surface area (Å²) in [6.07, 6.45) is -0.102. The van der Waals surface area contributed by atoms with Gasteiger partial charge in [-0.2, -0.15) is 0 Å². The van der Waals surface area contributed by atoms with Crippen LogP contribution in [0.4, 0.5) is 0 Å². The number of ether oxygens (including phenoxy) is 1. The molecule has 110 valence electrons. The number of morpholine rings is 1. The first-order valence-corrected chi connectivity index (χ1v) is 7.63. The Morgan fingerprint density at radius 3 is 3.05 bits per heavy atom. The van der Waals surface area contributed by atoms with E-state index in [0.29, 0.717) is 6.54 Å². The lowest BCUT2D eigenvalue weighted by Crippen LogP contribution is -2.53. The van der Waals surface area contributed by atoms with Gasteiger partial charge in [0.15, 0.2) is 0 Å². The van der Waals surface area contributed by atoms with Gasteiger partial charge < -0.3 is 15.6 Å². The van der Waals surface area contributed by atoms with Gasteiger partial charge in [-0.05, 0) is 26.0 Å². The van der Waals surface area contributed by atoms with E-state index in [1.54, 1.807) is 11.3 Å². The van der Waals surface area contributed by atoms with Crippen molar-refractivity contribution >= 4 is 11.3 Å². The molecule has 5 heteroatoms. The molecule has 1 saturated heterocycles. The van der Waals surface area contributed by atoms with Gasteiger partial charge in [0.05, 0.1) is 29.7 Å². The molecule has 0 aliphatic carbocycles. The average molecular weight is 294 g/mol. The van der Waals surface area contributed by atoms with E-state index in [4.69, 9.17) is 10.5 Å². The van der Waals surface area contributed by atoms with Crippen LogP contribution >= 0.6 is 11.3 Å². The summed E-state index contributed by atoms with van der Waals surface area (Å²) in [6, 6.07) is 4.15. The van der Waals surface area contributed by atoms with Crippen LogP contribution in [-0.2, 0) is 11.3 Å². The summed E-state index contributed by atoms with van der Waals surface area (Å²) < 4.78 is 5.82. The zero-order chi connectivity index (χ0) is 14.6. The first-order valence-electron chi connectivity index (χ1n) is 6.81. The van der Waals surface area contributed by atoms with Gasteiger partial charge >= 0.3 is 0 Å². The van der Waals surface area contributed by atoms with Crippen molar-refractivity contribution in [1.29, 1.82) is 0 Å².